The van der Waals surface area contributed by atoms with Crippen LogP contribution in [0.5, 0.6) is 5.75 Å². The quantitative estimate of drug-likeness (QED) is 0.200. The van der Waals surface area contributed by atoms with E-state index in [4.69, 9.17) is 21.1 Å². The van der Waals surface area contributed by atoms with Gasteiger partial charge in [0.2, 0.25) is 0 Å². The summed E-state index contributed by atoms with van der Waals surface area (Å²) in [5.41, 5.74) is 1.87. The number of thiazole rings is 1. The van der Waals surface area contributed by atoms with Gasteiger partial charge in [-0.2, -0.15) is 0 Å². The lowest BCUT2D eigenvalue weighted by molar-refractivity contribution is -0.384. The second-order valence-corrected chi connectivity index (χ2v) is 9.99. The number of benzene rings is 2. The second-order valence-electron chi connectivity index (χ2n) is 8.54. The summed E-state index contributed by atoms with van der Waals surface area (Å²) in [6.07, 6.45) is 3.44. The van der Waals surface area contributed by atoms with Crippen LogP contribution in [0.25, 0.3) is 11.8 Å². The fraction of sp³-hybridized carbons (Fsp3) is 0.148. The molecule has 10 nitrogen and oxygen atoms in total. The molecule has 0 N–H and O–H groups in total. The topological polar surface area (TPSA) is 118 Å². The molecule has 198 valence electrons. The number of nitrogens with zero attached hydrogens (tertiary/aromatic N) is 4. The second kappa shape index (κ2) is 10.4. The molecule has 0 unspecified atom stereocenters. The fourth-order valence-corrected chi connectivity index (χ4v) is 5.76. The molecule has 2 aromatic carbocycles. The zero-order valence-electron chi connectivity index (χ0n) is 21.0. The van der Waals surface area contributed by atoms with Crippen molar-refractivity contribution >= 4 is 40.7 Å². The number of hydrogen-bond donors (Lipinski definition) is 0. The van der Waals surface area contributed by atoms with E-state index in [1.54, 1.807) is 66.2 Å². The molecule has 0 saturated heterocycles. The average Bonchev–Trinajstić information content (AvgIpc) is 3.51. The lowest BCUT2D eigenvalue weighted by atomic mass is 9.95. The summed E-state index contributed by atoms with van der Waals surface area (Å²) >= 11 is 7.48. The van der Waals surface area contributed by atoms with Crippen LogP contribution in [0.4, 0.5) is 5.69 Å². The predicted octanol–water partition coefficient (Wildman–Crippen LogP) is 3.77. The molecule has 4 aromatic rings. The first-order valence-corrected chi connectivity index (χ1v) is 12.8. The van der Waals surface area contributed by atoms with Crippen LogP contribution in [-0.4, -0.2) is 34.2 Å². The van der Waals surface area contributed by atoms with Gasteiger partial charge in [0.25, 0.3) is 11.2 Å². The molecular formula is C27H21ClN4O6S. The fourth-order valence-electron chi connectivity index (χ4n) is 4.54. The van der Waals surface area contributed by atoms with Gasteiger partial charge in [0.05, 0.1) is 40.6 Å². The van der Waals surface area contributed by atoms with E-state index in [9.17, 15) is 19.7 Å². The van der Waals surface area contributed by atoms with Gasteiger partial charge >= 0.3 is 5.97 Å². The highest BCUT2D eigenvalue weighted by atomic mass is 35.5. The summed E-state index contributed by atoms with van der Waals surface area (Å²) in [6.45, 7) is 1.68. The van der Waals surface area contributed by atoms with Gasteiger partial charge in [0.15, 0.2) is 4.80 Å². The maximum absolute atomic E-state index is 13.9. The Morgan fingerprint density at radius 2 is 1.97 bits per heavy atom. The number of carbonyl (C=O) groups excluding carboxylic acids is 1. The average molecular weight is 565 g/mol. The third-order valence-corrected chi connectivity index (χ3v) is 7.51. The van der Waals surface area contributed by atoms with E-state index in [2.05, 4.69) is 4.99 Å². The van der Waals surface area contributed by atoms with Crippen molar-refractivity contribution in [2.24, 2.45) is 4.99 Å². The SMILES string of the molecule is COC(=O)C1=C(C)N=c2s/c(=C\c3cccn3-c3cccc([N+](=O)[O-])c3)c(=O)n2[C@H]1c1cc(Cl)ccc1OC. The molecule has 0 spiro atoms. The zero-order chi connectivity index (χ0) is 27.8. The van der Waals surface area contributed by atoms with Crippen LogP contribution in [0.1, 0.15) is 24.2 Å². The zero-order valence-corrected chi connectivity index (χ0v) is 22.5. The van der Waals surface area contributed by atoms with E-state index in [1.165, 1.54) is 30.9 Å². The first-order valence-electron chi connectivity index (χ1n) is 11.6. The number of non-ortho nitro benzene ring substituents is 1. The van der Waals surface area contributed by atoms with Crippen molar-refractivity contribution in [2.45, 2.75) is 13.0 Å². The first kappa shape index (κ1) is 26.1. The van der Waals surface area contributed by atoms with Gasteiger partial charge < -0.3 is 14.0 Å². The van der Waals surface area contributed by atoms with E-state index in [1.807, 2.05) is 0 Å². The first-order chi connectivity index (χ1) is 18.7. The maximum atomic E-state index is 13.9. The molecule has 5 rings (SSSR count). The molecule has 0 saturated carbocycles. The van der Waals surface area contributed by atoms with E-state index >= 15 is 0 Å². The minimum atomic E-state index is -0.895. The van der Waals surface area contributed by atoms with Crippen LogP contribution in [-0.2, 0) is 9.53 Å². The Hall–Kier alpha value is -4.48. The third-order valence-electron chi connectivity index (χ3n) is 6.29. The summed E-state index contributed by atoms with van der Waals surface area (Å²) in [5, 5.41) is 11.7. The number of allylic oxidation sites excluding steroid dienone is 1. The number of fused-ring (bicyclic) bond motifs is 1. The number of esters is 1. The lowest BCUT2D eigenvalue weighted by Gasteiger charge is -2.25. The van der Waals surface area contributed by atoms with Gasteiger partial charge in [-0.1, -0.05) is 29.0 Å². The van der Waals surface area contributed by atoms with Crippen LogP contribution in [0, 0.1) is 10.1 Å². The summed E-state index contributed by atoms with van der Waals surface area (Å²) in [4.78, 5) is 42.6. The van der Waals surface area contributed by atoms with Crippen molar-refractivity contribution in [3.8, 4) is 11.4 Å². The number of methoxy groups -OCH3 is 2. The summed E-state index contributed by atoms with van der Waals surface area (Å²) in [5.74, 6) is -0.188. The summed E-state index contributed by atoms with van der Waals surface area (Å²) in [6, 6.07) is 13.9. The lowest BCUT2D eigenvalue weighted by Crippen LogP contribution is -2.40. The summed E-state index contributed by atoms with van der Waals surface area (Å²) in [7, 11) is 2.76. The Bertz CT molecular complexity index is 1850. The van der Waals surface area contributed by atoms with Gasteiger partial charge in [-0.15, -0.1) is 0 Å². The third kappa shape index (κ3) is 4.66. The Morgan fingerprint density at radius 3 is 2.69 bits per heavy atom. The Balaban J connectivity index is 1.73. The van der Waals surface area contributed by atoms with Crippen molar-refractivity contribution in [1.29, 1.82) is 0 Å². The van der Waals surface area contributed by atoms with E-state index in [0.717, 1.165) is 11.3 Å². The van der Waals surface area contributed by atoms with Crippen LogP contribution in [0.2, 0.25) is 5.02 Å². The smallest absolute Gasteiger partial charge is 0.338 e. The number of halogens is 1. The molecule has 0 bridgehead atoms. The van der Waals surface area contributed by atoms with E-state index in [0.29, 0.717) is 42.7 Å². The Kier molecular flexibility index (Phi) is 6.94. The van der Waals surface area contributed by atoms with Crippen molar-refractivity contribution in [2.75, 3.05) is 14.2 Å². The van der Waals surface area contributed by atoms with E-state index in [-0.39, 0.29) is 16.8 Å². The molecule has 1 atom stereocenters. The number of nitro groups is 1. The highest BCUT2D eigenvalue weighted by Gasteiger charge is 2.35. The minimum absolute atomic E-state index is 0.0483. The number of carbonyl (C=O) groups is 1. The molecule has 39 heavy (non-hydrogen) atoms. The number of ether oxygens (including phenoxy) is 2. The molecule has 0 radical (unpaired) electrons. The molecule has 1 aliphatic heterocycles. The molecule has 0 aliphatic carbocycles. The molecule has 0 fully saturated rings. The van der Waals surface area contributed by atoms with Gasteiger partial charge in [-0.25, -0.2) is 9.79 Å². The number of nitro benzene ring substituents is 1. The standard InChI is InChI=1S/C27H21ClN4O6S/c1-15-23(26(34)38-3)24(20-12-16(28)9-10-21(20)37-2)31-25(33)22(39-27(31)29-15)14-18-8-5-11-30(18)17-6-4-7-19(13-17)32(35)36/h4-14,24H,1-3H3/b22-14-/t24-/m0/s1. The van der Waals surface area contributed by atoms with Gasteiger partial charge in [0.1, 0.15) is 11.8 Å². The maximum Gasteiger partial charge on any atom is 0.338 e. The largest absolute Gasteiger partial charge is 0.496 e. The van der Waals surface area contributed by atoms with Crippen LogP contribution < -0.4 is 19.6 Å². The molecule has 2 aromatic heterocycles. The minimum Gasteiger partial charge on any atom is -0.496 e. The predicted molar refractivity (Wildman–Crippen MR) is 146 cm³/mol. The molecule has 0 amide bonds. The highest BCUT2D eigenvalue weighted by Crippen LogP contribution is 2.37. The Morgan fingerprint density at radius 1 is 1.18 bits per heavy atom. The number of rotatable bonds is 6. The van der Waals surface area contributed by atoms with Crippen molar-refractivity contribution in [3.63, 3.8) is 0 Å². The van der Waals surface area contributed by atoms with Gasteiger partial charge in [-0.3, -0.25) is 19.5 Å². The molecular weight excluding hydrogens is 544 g/mol. The molecule has 1 aliphatic rings. The Labute approximate surface area is 230 Å². The van der Waals surface area contributed by atoms with Crippen LogP contribution in [0.15, 0.2) is 81.9 Å². The van der Waals surface area contributed by atoms with Crippen molar-refractivity contribution in [3.05, 3.63) is 118 Å². The van der Waals surface area contributed by atoms with Crippen LogP contribution in [0.3, 0.4) is 0 Å². The van der Waals surface area contributed by atoms with E-state index < -0.39 is 16.9 Å². The monoisotopic (exact) mass is 564 g/mol. The van der Waals surface area contributed by atoms with Crippen molar-refractivity contribution < 1.29 is 19.2 Å². The molecule has 3 heterocycles. The van der Waals surface area contributed by atoms with Crippen molar-refractivity contribution in [1.82, 2.24) is 9.13 Å². The summed E-state index contributed by atoms with van der Waals surface area (Å²) < 4.78 is 14.1. The van der Waals surface area contributed by atoms with Gasteiger partial charge in [-0.05, 0) is 49.4 Å². The highest BCUT2D eigenvalue weighted by molar-refractivity contribution is 7.07. The normalized spacial score (nSPS) is 15.1. The van der Waals surface area contributed by atoms with Crippen LogP contribution >= 0.6 is 22.9 Å². The molecule has 12 heteroatoms. The van der Waals surface area contributed by atoms with Gasteiger partial charge in [0, 0.05) is 34.6 Å². The number of aromatic nitrogens is 2. The number of hydrogen-bond acceptors (Lipinski definition) is 8.